The number of hydrogen-bond donors (Lipinski definition) is 2. The Balaban J connectivity index is 2.48. The van der Waals surface area contributed by atoms with Crippen LogP contribution in [0.4, 0.5) is 0 Å². The molecule has 0 fully saturated rings. The predicted octanol–water partition coefficient (Wildman–Crippen LogP) is 2.54. The monoisotopic (exact) mass is 287 g/mol. The highest BCUT2D eigenvalue weighted by Gasteiger charge is 2.12. The van der Waals surface area contributed by atoms with Crippen LogP contribution in [0.25, 0.3) is 11.1 Å². The number of benzene rings is 1. The van der Waals surface area contributed by atoms with Gasteiger partial charge >= 0.3 is 0 Å². The van der Waals surface area contributed by atoms with Crippen LogP contribution in [0, 0.1) is 20.8 Å². The second-order valence-electron chi connectivity index (χ2n) is 5.06. The Kier molecular flexibility index (Phi) is 4.94. The predicted molar refractivity (Wildman–Crippen MR) is 82.4 cm³/mol. The number of nitrogens with zero attached hydrogens (tertiary/aromatic N) is 1. The summed E-state index contributed by atoms with van der Waals surface area (Å²) in [5.41, 5.74) is 5.89. The number of aliphatic hydroxyl groups is 2. The van der Waals surface area contributed by atoms with E-state index in [0.29, 0.717) is 5.88 Å². The third-order valence-electron chi connectivity index (χ3n) is 3.59. The molecule has 0 unspecified atom stereocenters. The van der Waals surface area contributed by atoms with Gasteiger partial charge in [0.15, 0.2) is 0 Å². The molecule has 21 heavy (non-hydrogen) atoms. The first-order valence-electron chi connectivity index (χ1n) is 7.00. The van der Waals surface area contributed by atoms with E-state index in [1.165, 1.54) is 0 Å². The van der Waals surface area contributed by atoms with E-state index in [9.17, 15) is 5.11 Å². The number of ether oxygens (including phenoxy) is 1. The van der Waals surface area contributed by atoms with Crippen molar-refractivity contribution in [2.45, 2.75) is 27.4 Å². The summed E-state index contributed by atoms with van der Waals surface area (Å²) >= 11 is 0. The van der Waals surface area contributed by atoms with E-state index >= 15 is 0 Å². The van der Waals surface area contributed by atoms with Crippen LogP contribution in [0.15, 0.2) is 24.3 Å². The Hall–Kier alpha value is -1.91. The molecule has 2 aromatic rings. The lowest BCUT2D eigenvalue weighted by atomic mass is 9.95. The Morgan fingerprint density at radius 3 is 2.52 bits per heavy atom. The molecule has 0 amide bonds. The average Bonchev–Trinajstić information content (AvgIpc) is 2.48. The lowest BCUT2D eigenvalue weighted by Gasteiger charge is -2.15. The lowest BCUT2D eigenvalue weighted by molar-refractivity contribution is 0.195. The van der Waals surface area contributed by atoms with E-state index in [1.807, 2.05) is 45.0 Å². The number of aliphatic hydroxyl groups excluding tert-OH is 2. The van der Waals surface area contributed by atoms with Crippen LogP contribution in [0.3, 0.4) is 0 Å². The normalized spacial score (nSPS) is 10.7. The Morgan fingerprint density at radius 2 is 1.86 bits per heavy atom. The van der Waals surface area contributed by atoms with Crippen LogP contribution < -0.4 is 4.74 Å². The molecule has 1 aromatic carbocycles. The van der Waals surface area contributed by atoms with Gasteiger partial charge in [0.25, 0.3) is 0 Å². The fraction of sp³-hybridized carbons (Fsp3) is 0.353. The zero-order chi connectivity index (χ0) is 15.4. The van der Waals surface area contributed by atoms with Gasteiger partial charge in [-0.3, -0.25) is 0 Å². The molecule has 0 saturated carbocycles. The van der Waals surface area contributed by atoms with Crippen LogP contribution in [0.2, 0.25) is 0 Å². The molecule has 2 N–H and O–H groups in total. The number of hydrogen-bond acceptors (Lipinski definition) is 4. The third kappa shape index (κ3) is 3.23. The highest BCUT2D eigenvalue weighted by molar-refractivity contribution is 5.71. The van der Waals surface area contributed by atoms with E-state index in [0.717, 1.165) is 33.5 Å². The van der Waals surface area contributed by atoms with E-state index in [1.54, 1.807) is 0 Å². The first kappa shape index (κ1) is 15.5. The van der Waals surface area contributed by atoms with Gasteiger partial charge in [-0.05, 0) is 43.5 Å². The van der Waals surface area contributed by atoms with Crippen LogP contribution in [0.5, 0.6) is 5.88 Å². The highest BCUT2D eigenvalue weighted by atomic mass is 16.5. The van der Waals surface area contributed by atoms with E-state index in [2.05, 4.69) is 4.98 Å². The maximum absolute atomic E-state index is 9.40. The number of rotatable bonds is 5. The van der Waals surface area contributed by atoms with E-state index in [-0.39, 0.29) is 19.8 Å². The topological polar surface area (TPSA) is 62.6 Å². The van der Waals surface area contributed by atoms with Crippen molar-refractivity contribution in [3.8, 4) is 17.0 Å². The molecule has 0 atom stereocenters. The number of pyridine rings is 1. The highest BCUT2D eigenvalue weighted by Crippen LogP contribution is 2.31. The molecule has 4 heteroatoms. The number of aryl methyl sites for hydroxylation is 2. The molecule has 0 aliphatic rings. The summed E-state index contributed by atoms with van der Waals surface area (Å²) in [5, 5.41) is 18.2. The van der Waals surface area contributed by atoms with Crippen molar-refractivity contribution in [3.63, 3.8) is 0 Å². The Bertz CT molecular complexity index is 638. The number of aromatic nitrogens is 1. The molecule has 0 bridgehead atoms. The van der Waals surface area contributed by atoms with Gasteiger partial charge in [0.05, 0.1) is 13.2 Å². The van der Waals surface area contributed by atoms with Crippen molar-refractivity contribution in [2.75, 3.05) is 13.2 Å². The maximum atomic E-state index is 9.40. The van der Waals surface area contributed by atoms with Crippen LogP contribution in [0.1, 0.15) is 22.4 Å². The summed E-state index contributed by atoms with van der Waals surface area (Å²) in [7, 11) is 0. The molecule has 0 aliphatic carbocycles. The smallest absolute Gasteiger partial charge is 0.216 e. The molecule has 0 radical (unpaired) electrons. The summed E-state index contributed by atoms with van der Waals surface area (Å²) in [6.07, 6.45) is 0. The Labute approximate surface area is 125 Å². The third-order valence-corrected chi connectivity index (χ3v) is 3.59. The largest absolute Gasteiger partial charge is 0.475 e. The zero-order valence-electron chi connectivity index (χ0n) is 12.7. The van der Waals surface area contributed by atoms with Crippen LogP contribution in [-0.2, 0) is 6.61 Å². The molecule has 0 spiro atoms. The quantitative estimate of drug-likeness (QED) is 0.887. The first-order valence-corrected chi connectivity index (χ1v) is 7.00. The fourth-order valence-electron chi connectivity index (χ4n) is 2.39. The first-order chi connectivity index (χ1) is 10.1. The second kappa shape index (κ2) is 6.70. The van der Waals surface area contributed by atoms with Crippen molar-refractivity contribution < 1.29 is 14.9 Å². The van der Waals surface area contributed by atoms with Gasteiger partial charge in [0, 0.05) is 16.8 Å². The van der Waals surface area contributed by atoms with Gasteiger partial charge in [-0.25, -0.2) is 4.98 Å². The van der Waals surface area contributed by atoms with Gasteiger partial charge < -0.3 is 14.9 Å². The molecule has 0 saturated heterocycles. The maximum Gasteiger partial charge on any atom is 0.216 e. The summed E-state index contributed by atoms with van der Waals surface area (Å²) in [4.78, 5) is 4.49. The standard InChI is InChI=1S/C17H21NO3/c1-11-9-16(13(3)18-17(11)21-8-7-19)15-6-4-5-14(10-20)12(15)2/h4-6,9,19-20H,7-8,10H2,1-3H3. The van der Waals surface area contributed by atoms with Gasteiger partial charge in [-0.2, -0.15) is 0 Å². The van der Waals surface area contributed by atoms with E-state index < -0.39 is 0 Å². The molecule has 2 rings (SSSR count). The van der Waals surface area contributed by atoms with Crippen molar-refractivity contribution in [3.05, 3.63) is 46.6 Å². The molecule has 1 heterocycles. The van der Waals surface area contributed by atoms with Crippen molar-refractivity contribution in [1.82, 2.24) is 4.98 Å². The SMILES string of the molecule is Cc1cc(-c2cccc(CO)c2C)c(C)nc1OCCO. The molecule has 112 valence electrons. The molecular formula is C17H21NO3. The second-order valence-corrected chi connectivity index (χ2v) is 5.06. The molecular weight excluding hydrogens is 266 g/mol. The van der Waals surface area contributed by atoms with Gasteiger partial charge in [-0.1, -0.05) is 18.2 Å². The minimum absolute atomic E-state index is 0.0282. The van der Waals surface area contributed by atoms with Gasteiger partial charge in [-0.15, -0.1) is 0 Å². The Morgan fingerprint density at radius 1 is 1.10 bits per heavy atom. The minimum atomic E-state index is -0.0282. The van der Waals surface area contributed by atoms with Crippen molar-refractivity contribution in [1.29, 1.82) is 0 Å². The average molecular weight is 287 g/mol. The molecule has 4 nitrogen and oxygen atoms in total. The summed E-state index contributed by atoms with van der Waals surface area (Å²) in [6, 6.07) is 7.94. The molecule has 0 aliphatic heterocycles. The lowest BCUT2D eigenvalue weighted by Crippen LogP contribution is -2.06. The van der Waals surface area contributed by atoms with Crippen LogP contribution >= 0.6 is 0 Å². The summed E-state index contributed by atoms with van der Waals surface area (Å²) in [6.45, 7) is 6.12. The zero-order valence-corrected chi connectivity index (χ0v) is 12.7. The van der Waals surface area contributed by atoms with Gasteiger partial charge in [0.1, 0.15) is 6.61 Å². The fourth-order valence-corrected chi connectivity index (χ4v) is 2.39. The summed E-state index contributed by atoms with van der Waals surface area (Å²) in [5.74, 6) is 0.557. The van der Waals surface area contributed by atoms with Crippen molar-refractivity contribution in [2.24, 2.45) is 0 Å². The minimum Gasteiger partial charge on any atom is -0.475 e. The van der Waals surface area contributed by atoms with E-state index in [4.69, 9.17) is 9.84 Å². The van der Waals surface area contributed by atoms with Crippen molar-refractivity contribution >= 4 is 0 Å². The van der Waals surface area contributed by atoms with Crippen LogP contribution in [-0.4, -0.2) is 28.4 Å². The van der Waals surface area contributed by atoms with Gasteiger partial charge in [0.2, 0.25) is 5.88 Å². The summed E-state index contributed by atoms with van der Waals surface area (Å²) < 4.78 is 5.43. The molecule has 1 aromatic heterocycles.